The molecule has 0 bridgehead atoms. The summed E-state index contributed by atoms with van der Waals surface area (Å²) >= 11 is -0.227. The van der Waals surface area contributed by atoms with E-state index in [-0.39, 0.29) is 45.4 Å². The second kappa shape index (κ2) is 23.2. The number of halogens is 1. The van der Waals surface area contributed by atoms with Crippen LogP contribution in [0.4, 0.5) is 28.8 Å². The number of primary amides is 1. The largest absolute Gasteiger partial charge is 0.381 e. The first-order chi connectivity index (χ1) is 35.5. The van der Waals surface area contributed by atoms with Gasteiger partial charge < -0.3 is 26.4 Å². The van der Waals surface area contributed by atoms with Crippen LogP contribution in [-0.4, -0.2) is 148 Å². The maximum absolute atomic E-state index is 12.7. The molecule has 0 saturated carbocycles. The zero-order chi connectivity index (χ0) is 50.4. The smallest absolute Gasteiger partial charge is 0.150 e. The van der Waals surface area contributed by atoms with E-state index in [1.807, 2.05) is 75.4 Å². The Morgan fingerprint density at radius 1 is 0.890 bits per heavy atom. The standard InChI is InChI=1S/C53H71IN15O4/c1-6-42-52(60-37-15-24-71-25-16-37)64-53(50(63-42)51(55)70)61-38-10-11-44(47(26-38)72-34(2)3)67-18-13-40(14-19-67)66-20-22-68(23-21-66)54-28-35(4)73-46-27-49-57-31-45(69(49)33-41(46)36-29-58-65(5)32-36)43-8-7-9-48(62-43)59-39-12-17-56-30-39/h7-11,26-27,29,31-35,37,39-40,56H,6,12-25,28,30H2,1-5H3,(H2,55,70)(H,59,62)(H2,60,61,64)/q-1. The number of anilines is 5. The SMILES string of the molecule is CCc1nc(C(N)=O)c(Nc2ccc(N3CCC(N4CCN([I-]CC(C)Oc5cc6ncc(-c7cccc(NC8CCNC8)n7)n6cc5-c5cnn(C)c5)CC4)CC3)c(OC(C)C)c2)nc1NC1CCOCC1. The van der Waals surface area contributed by atoms with Gasteiger partial charge in [-0.25, -0.2) is 9.97 Å². The number of fused-ring (bicyclic) bond motifs is 1. The van der Waals surface area contributed by atoms with E-state index >= 15 is 0 Å². The van der Waals surface area contributed by atoms with Gasteiger partial charge in [-0.1, -0.05) is 6.92 Å². The first kappa shape index (κ1) is 50.7. The summed E-state index contributed by atoms with van der Waals surface area (Å²) in [5, 5.41) is 18.4. The number of aryl methyl sites for hydroxylation is 2. The first-order valence-corrected chi connectivity index (χ1v) is 28.6. The van der Waals surface area contributed by atoms with Crippen LogP contribution in [0.15, 0.2) is 67.3 Å². The van der Waals surface area contributed by atoms with Gasteiger partial charge in [0.15, 0.2) is 17.3 Å². The molecule has 390 valence electrons. The van der Waals surface area contributed by atoms with Crippen molar-refractivity contribution >= 4 is 40.4 Å². The fourth-order valence-corrected chi connectivity index (χ4v) is 12.7. The van der Waals surface area contributed by atoms with Gasteiger partial charge in [-0.2, -0.15) is 0 Å². The van der Waals surface area contributed by atoms with Gasteiger partial charge in [-0.15, -0.1) is 0 Å². The molecule has 19 nitrogen and oxygen atoms in total. The van der Waals surface area contributed by atoms with Crippen molar-refractivity contribution in [1.82, 2.24) is 47.4 Å². The number of ether oxygens (including phenoxy) is 3. The van der Waals surface area contributed by atoms with Crippen LogP contribution in [0.25, 0.3) is 28.2 Å². The number of alkyl halides is 1. The number of pyridine rings is 2. The van der Waals surface area contributed by atoms with Crippen molar-refractivity contribution in [3.8, 4) is 34.0 Å². The predicted molar refractivity (Wildman–Crippen MR) is 282 cm³/mol. The van der Waals surface area contributed by atoms with Crippen LogP contribution in [0.1, 0.15) is 76.0 Å². The van der Waals surface area contributed by atoms with Crippen molar-refractivity contribution in [1.29, 1.82) is 0 Å². The van der Waals surface area contributed by atoms with Crippen molar-refractivity contribution in [2.24, 2.45) is 12.8 Å². The summed E-state index contributed by atoms with van der Waals surface area (Å²) in [5.41, 5.74) is 13.1. The Morgan fingerprint density at radius 2 is 1.71 bits per heavy atom. The molecular weight excluding hydrogens is 1040 g/mol. The number of carbonyl (C=O) groups excluding carboxylic acids is 1. The zero-order valence-electron chi connectivity index (χ0n) is 42.8. The van der Waals surface area contributed by atoms with Crippen molar-refractivity contribution < 1.29 is 40.5 Å². The molecule has 6 aromatic rings. The molecule has 20 heteroatoms. The second-order valence-electron chi connectivity index (χ2n) is 19.9. The number of rotatable bonds is 19. The van der Waals surface area contributed by atoms with Crippen LogP contribution in [-0.2, 0) is 18.2 Å². The number of hydrogen-bond donors (Lipinski definition) is 5. The topological polar surface area (TPSA) is 202 Å². The maximum Gasteiger partial charge on any atom is 0.150 e. The van der Waals surface area contributed by atoms with Crippen LogP contribution in [0.2, 0.25) is 0 Å². The third-order valence-electron chi connectivity index (χ3n) is 14.1. The molecule has 0 radical (unpaired) electrons. The molecule has 2 atom stereocenters. The summed E-state index contributed by atoms with van der Waals surface area (Å²) in [6.07, 6.45) is 13.6. The molecular formula is C53H71IN15O4-. The van der Waals surface area contributed by atoms with Crippen molar-refractivity contribution in [3.05, 3.63) is 78.6 Å². The maximum atomic E-state index is 12.7. The molecule has 73 heavy (non-hydrogen) atoms. The van der Waals surface area contributed by atoms with E-state index in [0.29, 0.717) is 49.0 Å². The summed E-state index contributed by atoms with van der Waals surface area (Å²) in [7, 11) is 1.94. The van der Waals surface area contributed by atoms with Crippen molar-refractivity contribution in [2.45, 2.75) is 96.6 Å². The average Bonchev–Trinajstić information content (AvgIpc) is 4.18. The van der Waals surface area contributed by atoms with Crippen LogP contribution in [0.3, 0.4) is 0 Å². The van der Waals surface area contributed by atoms with Crippen molar-refractivity contribution in [2.75, 3.05) is 90.8 Å². The van der Waals surface area contributed by atoms with Crippen LogP contribution < -0.4 is 62.9 Å². The molecule has 1 amide bonds. The van der Waals surface area contributed by atoms with Gasteiger partial charge in [-0.3, -0.25) is 4.79 Å². The molecule has 0 spiro atoms. The average molecular weight is 1110 g/mol. The normalized spacial score (nSPS) is 18.9. The number of nitrogens with two attached hydrogens (primary N) is 1. The molecule has 4 aliphatic rings. The molecule has 2 unspecified atom stereocenters. The van der Waals surface area contributed by atoms with E-state index in [0.717, 1.165) is 146 Å². The quantitative estimate of drug-likeness (QED) is 0.0450. The Labute approximate surface area is 439 Å². The third-order valence-corrected chi connectivity index (χ3v) is 17.7. The van der Waals surface area contributed by atoms with Gasteiger partial charge in [0, 0.05) is 31.8 Å². The summed E-state index contributed by atoms with van der Waals surface area (Å²) in [6.45, 7) is 17.9. The van der Waals surface area contributed by atoms with Crippen LogP contribution in [0.5, 0.6) is 11.5 Å². The summed E-state index contributed by atoms with van der Waals surface area (Å²) in [4.78, 5) is 37.2. The minimum Gasteiger partial charge on any atom is -0.381 e. The van der Waals surface area contributed by atoms with Gasteiger partial charge >= 0.3 is 286 Å². The third kappa shape index (κ3) is 12.3. The number of amides is 1. The molecule has 1 aromatic carbocycles. The molecule has 4 aliphatic heterocycles. The Balaban J connectivity index is 0.735. The minimum absolute atomic E-state index is 0.0286. The van der Waals surface area contributed by atoms with Gasteiger partial charge in [0.05, 0.1) is 5.69 Å². The number of nitrogens with one attached hydrogen (secondary N) is 4. The Hall–Kier alpha value is -5.81. The number of hydrogen-bond acceptors (Lipinski definition) is 16. The van der Waals surface area contributed by atoms with Gasteiger partial charge in [-0.05, 0) is 46.1 Å². The Morgan fingerprint density at radius 3 is 2.44 bits per heavy atom. The summed E-state index contributed by atoms with van der Waals surface area (Å²) < 4.78 is 26.5. The fraction of sp³-hybridized carbons (Fsp3) is 0.509. The van der Waals surface area contributed by atoms with Gasteiger partial charge in [0.2, 0.25) is 0 Å². The number of aromatic nitrogens is 7. The number of nitrogens with zero attached hydrogens (tertiary/aromatic N) is 10. The van der Waals surface area contributed by atoms with E-state index in [1.54, 1.807) is 0 Å². The predicted octanol–water partition coefficient (Wildman–Crippen LogP) is 3.20. The molecule has 4 saturated heterocycles. The van der Waals surface area contributed by atoms with E-state index in [9.17, 15) is 4.79 Å². The minimum atomic E-state index is -0.629. The van der Waals surface area contributed by atoms with Crippen molar-refractivity contribution in [3.63, 3.8) is 0 Å². The first-order valence-electron chi connectivity index (χ1n) is 26.1. The second-order valence-corrected chi connectivity index (χ2v) is 22.8. The van der Waals surface area contributed by atoms with E-state index in [1.165, 1.54) is 0 Å². The van der Waals surface area contributed by atoms with E-state index in [2.05, 4.69) is 80.0 Å². The summed E-state index contributed by atoms with van der Waals surface area (Å²) in [5.74, 6) is 2.83. The van der Waals surface area contributed by atoms with Gasteiger partial charge in [0.1, 0.15) is 0 Å². The molecule has 6 N–H and O–H groups in total. The number of carbonyl (C=O) groups is 1. The number of benzene rings is 1. The Bertz CT molecular complexity index is 2830. The zero-order valence-corrected chi connectivity index (χ0v) is 45.0. The molecule has 0 aliphatic carbocycles. The summed E-state index contributed by atoms with van der Waals surface area (Å²) in [6, 6.07) is 15.5. The van der Waals surface area contributed by atoms with Crippen LogP contribution >= 0.6 is 0 Å². The Kier molecular flexibility index (Phi) is 16.1. The van der Waals surface area contributed by atoms with E-state index < -0.39 is 5.91 Å². The van der Waals surface area contributed by atoms with Gasteiger partial charge in [0.25, 0.3) is 5.91 Å². The number of imidazole rings is 1. The molecule has 5 aromatic heterocycles. The fourth-order valence-electron chi connectivity index (χ4n) is 10.3. The number of piperazine rings is 1. The molecule has 10 rings (SSSR count). The molecule has 9 heterocycles. The van der Waals surface area contributed by atoms with Crippen LogP contribution in [0, 0.1) is 0 Å². The number of piperidine rings is 1. The van der Waals surface area contributed by atoms with E-state index in [4.69, 9.17) is 34.9 Å². The monoisotopic (exact) mass is 1110 g/mol. The molecule has 4 fully saturated rings.